The third-order valence-corrected chi connectivity index (χ3v) is 5.67. The molecule has 1 N–H and O–H groups in total. The second-order valence-electron chi connectivity index (χ2n) is 4.15. The van der Waals surface area contributed by atoms with Crippen molar-refractivity contribution in [2.24, 2.45) is 0 Å². The lowest BCUT2D eigenvalue weighted by Crippen LogP contribution is -2.11. The van der Waals surface area contributed by atoms with Crippen molar-refractivity contribution in [3.63, 3.8) is 0 Å². The summed E-state index contributed by atoms with van der Waals surface area (Å²) >= 11 is 0. The number of nitrogens with zero attached hydrogens (tertiary/aromatic N) is 1. The highest BCUT2D eigenvalue weighted by molar-refractivity contribution is 7.93. The van der Waals surface area contributed by atoms with Gasteiger partial charge in [0, 0.05) is 6.07 Å². The first-order valence-corrected chi connectivity index (χ1v) is 8.63. The largest absolute Gasteiger partial charge is 0.295 e. The van der Waals surface area contributed by atoms with Crippen molar-refractivity contribution in [2.75, 3.05) is 0 Å². The lowest BCUT2D eigenvalue weighted by atomic mass is 10.3. The minimum Gasteiger partial charge on any atom is -0.282 e. The SMILES string of the molecule is O=[N+]([O-])c1ccccc1S(=O)(=O)c1ccccc1S(=O)(=O)O. The number of benzene rings is 2. The van der Waals surface area contributed by atoms with Gasteiger partial charge in [0.1, 0.15) is 9.79 Å². The standard InChI is InChI=1S/C12H9NO7S2/c14-13(15)9-5-1-2-6-10(9)21(16,17)11-7-3-4-8-12(11)22(18,19)20/h1-8H,(H,18,19,20). The van der Waals surface area contributed by atoms with Crippen LogP contribution in [-0.2, 0) is 20.0 Å². The van der Waals surface area contributed by atoms with Crippen molar-refractivity contribution in [1.29, 1.82) is 0 Å². The van der Waals surface area contributed by atoms with Crippen molar-refractivity contribution < 1.29 is 26.3 Å². The van der Waals surface area contributed by atoms with Crippen LogP contribution in [0, 0.1) is 10.1 Å². The number of nitro groups is 1. The number of sulfone groups is 1. The van der Waals surface area contributed by atoms with E-state index in [2.05, 4.69) is 0 Å². The van der Waals surface area contributed by atoms with E-state index in [1.54, 1.807) is 0 Å². The third kappa shape index (κ3) is 2.84. The molecule has 0 fully saturated rings. The van der Waals surface area contributed by atoms with Crippen molar-refractivity contribution in [3.8, 4) is 0 Å². The molecule has 8 nitrogen and oxygen atoms in total. The predicted octanol–water partition coefficient (Wildman–Crippen LogP) is 1.67. The molecule has 0 spiro atoms. The lowest BCUT2D eigenvalue weighted by molar-refractivity contribution is -0.387. The summed E-state index contributed by atoms with van der Waals surface area (Å²) in [5.74, 6) is 0. The summed E-state index contributed by atoms with van der Waals surface area (Å²) in [7, 11) is -9.32. The van der Waals surface area contributed by atoms with Crippen LogP contribution in [-0.4, -0.2) is 26.3 Å². The van der Waals surface area contributed by atoms with Crippen LogP contribution < -0.4 is 0 Å². The molecule has 2 aromatic rings. The van der Waals surface area contributed by atoms with Gasteiger partial charge in [0.15, 0.2) is 0 Å². The van der Waals surface area contributed by atoms with Gasteiger partial charge in [-0.05, 0) is 18.2 Å². The first-order chi connectivity index (χ1) is 10.2. The van der Waals surface area contributed by atoms with Crippen LogP contribution in [0.2, 0.25) is 0 Å². The molecule has 10 heteroatoms. The quantitative estimate of drug-likeness (QED) is 0.507. The zero-order valence-corrected chi connectivity index (χ0v) is 12.4. The van der Waals surface area contributed by atoms with Crippen molar-refractivity contribution in [1.82, 2.24) is 0 Å². The van der Waals surface area contributed by atoms with Gasteiger partial charge in [0.05, 0.1) is 9.82 Å². The topological polar surface area (TPSA) is 132 Å². The number of hydrogen-bond donors (Lipinski definition) is 1. The fraction of sp³-hybridized carbons (Fsp3) is 0. The van der Waals surface area contributed by atoms with Gasteiger partial charge in [0.25, 0.3) is 15.8 Å². The fourth-order valence-corrected chi connectivity index (χ4v) is 4.56. The van der Waals surface area contributed by atoms with Gasteiger partial charge in [-0.3, -0.25) is 14.7 Å². The Hall–Kier alpha value is -2.30. The Kier molecular flexibility index (Phi) is 4.00. The van der Waals surface area contributed by atoms with E-state index in [0.717, 1.165) is 24.3 Å². The Labute approximate surface area is 125 Å². The van der Waals surface area contributed by atoms with Crippen LogP contribution in [0.1, 0.15) is 0 Å². The van der Waals surface area contributed by atoms with Crippen LogP contribution in [0.5, 0.6) is 0 Å². The van der Waals surface area contributed by atoms with Gasteiger partial charge in [-0.1, -0.05) is 24.3 Å². The molecule has 0 bridgehead atoms. The molecule has 0 saturated heterocycles. The average Bonchev–Trinajstić information content (AvgIpc) is 2.46. The molecule has 0 atom stereocenters. The van der Waals surface area contributed by atoms with E-state index < -0.39 is 45.3 Å². The zero-order valence-electron chi connectivity index (χ0n) is 10.8. The van der Waals surface area contributed by atoms with Gasteiger partial charge >= 0.3 is 0 Å². The molecule has 0 unspecified atom stereocenters. The highest BCUT2D eigenvalue weighted by atomic mass is 32.2. The Morgan fingerprint density at radius 2 is 1.27 bits per heavy atom. The molecule has 0 aliphatic carbocycles. The van der Waals surface area contributed by atoms with E-state index in [0.29, 0.717) is 0 Å². The maximum atomic E-state index is 12.5. The molecule has 0 amide bonds. The van der Waals surface area contributed by atoms with Crippen LogP contribution >= 0.6 is 0 Å². The Balaban J connectivity index is 2.82. The minimum atomic E-state index is -4.81. The molecule has 2 rings (SSSR count). The van der Waals surface area contributed by atoms with Crippen molar-refractivity contribution in [2.45, 2.75) is 14.7 Å². The van der Waals surface area contributed by atoms with E-state index in [4.69, 9.17) is 4.55 Å². The number of rotatable bonds is 4. The summed E-state index contributed by atoms with van der Waals surface area (Å²) in [6.45, 7) is 0. The second kappa shape index (κ2) is 5.48. The first-order valence-electron chi connectivity index (χ1n) is 5.71. The van der Waals surface area contributed by atoms with Crippen molar-refractivity contribution >= 4 is 25.6 Å². The maximum Gasteiger partial charge on any atom is 0.295 e. The second-order valence-corrected chi connectivity index (χ2v) is 7.43. The van der Waals surface area contributed by atoms with Gasteiger partial charge in [-0.25, -0.2) is 8.42 Å². The van der Waals surface area contributed by atoms with Crippen LogP contribution in [0.15, 0.2) is 63.2 Å². The fourth-order valence-electron chi connectivity index (χ4n) is 1.84. The molecular formula is C12H9NO7S2. The first kappa shape index (κ1) is 16.1. The van der Waals surface area contributed by atoms with E-state index in [1.165, 1.54) is 24.3 Å². The number of hydrogen-bond acceptors (Lipinski definition) is 6. The van der Waals surface area contributed by atoms with Crippen LogP contribution in [0.3, 0.4) is 0 Å². The summed E-state index contributed by atoms with van der Waals surface area (Å²) in [5.41, 5.74) is -0.687. The third-order valence-electron chi connectivity index (χ3n) is 2.77. The zero-order chi connectivity index (χ0) is 16.5. The summed E-state index contributed by atoms with van der Waals surface area (Å²) in [6, 6.07) is 8.86. The lowest BCUT2D eigenvalue weighted by Gasteiger charge is -2.08. The highest BCUT2D eigenvalue weighted by Crippen LogP contribution is 2.32. The Bertz CT molecular complexity index is 949. The smallest absolute Gasteiger partial charge is 0.282 e. The molecule has 0 saturated carbocycles. The van der Waals surface area contributed by atoms with Crippen LogP contribution in [0.4, 0.5) is 5.69 Å². The van der Waals surface area contributed by atoms with E-state index >= 15 is 0 Å². The highest BCUT2D eigenvalue weighted by Gasteiger charge is 2.31. The van der Waals surface area contributed by atoms with Crippen LogP contribution in [0.25, 0.3) is 0 Å². The Morgan fingerprint density at radius 3 is 1.77 bits per heavy atom. The van der Waals surface area contributed by atoms with Gasteiger partial charge in [0.2, 0.25) is 9.84 Å². The normalized spacial score (nSPS) is 12.0. The van der Waals surface area contributed by atoms with Gasteiger partial charge in [-0.2, -0.15) is 8.42 Å². The summed E-state index contributed by atoms with van der Waals surface area (Å²) in [5, 5.41) is 11.0. The molecular weight excluding hydrogens is 334 g/mol. The summed E-state index contributed by atoms with van der Waals surface area (Å²) in [6.07, 6.45) is 0. The average molecular weight is 343 g/mol. The number of nitro benzene ring substituents is 1. The molecule has 22 heavy (non-hydrogen) atoms. The maximum absolute atomic E-state index is 12.5. The van der Waals surface area contributed by atoms with Gasteiger partial charge in [-0.15, -0.1) is 0 Å². The molecule has 116 valence electrons. The molecule has 2 aromatic carbocycles. The van der Waals surface area contributed by atoms with Crippen molar-refractivity contribution in [3.05, 3.63) is 58.6 Å². The molecule has 0 aliphatic rings. The molecule has 0 aromatic heterocycles. The molecule has 0 aliphatic heterocycles. The van der Waals surface area contributed by atoms with E-state index in [1.807, 2.05) is 0 Å². The molecule has 0 radical (unpaired) electrons. The van der Waals surface area contributed by atoms with E-state index in [-0.39, 0.29) is 0 Å². The predicted molar refractivity (Wildman–Crippen MR) is 74.8 cm³/mol. The summed E-state index contributed by atoms with van der Waals surface area (Å²) in [4.78, 5) is 7.84. The minimum absolute atomic E-state index is 0.656. The van der Waals surface area contributed by atoms with Gasteiger partial charge < -0.3 is 0 Å². The monoisotopic (exact) mass is 343 g/mol. The Morgan fingerprint density at radius 1 is 0.818 bits per heavy atom. The number of para-hydroxylation sites is 1. The van der Waals surface area contributed by atoms with E-state index in [9.17, 15) is 26.9 Å². The molecule has 0 heterocycles. The summed E-state index contributed by atoms with van der Waals surface area (Å²) < 4.78 is 56.8.